The number of pyridine rings is 1. The van der Waals surface area contributed by atoms with Crippen molar-refractivity contribution in [2.45, 2.75) is 39.0 Å². The second-order valence-electron chi connectivity index (χ2n) is 4.87. The Balaban J connectivity index is 2.39. The van der Waals surface area contributed by atoms with E-state index in [4.69, 9.17) is 4.74 Å². The predicted octanol–water partition coefficient (Wildman–Crippen LogP) is 2.70. The van der Waals surface area contributed by atoms with Crippen molar-refractivity contribution < 1.29 is 4.74 Å². The molecular weight excluding hydrogens is 174 g/mol. The topological polar surface area (TPSA) is 22.1 Å². The number of aromatic nitrogens is 1. The van der Waals surface area contributed by atoms with Crippen LogP contribution in [-0.2, 0) is 11.8 Å². The average Bonchev–Trinajstić information content (AvgIpc) is 2.16. The van der Waals surface area contributed by atoms with Gasteiger partial charge in [0, 0.05) is 6.20 Å². The van der Waals surface area contributed by atoms with Crippen molar-refractivity contribution in [1.82, 2.24) is 4.98 Å². The molecule has 0 amide bonds. The van der Waals surface area contributed by atoms with Gasteiger partial charge in [-0.05, 0) is 29.9 Å². The Morgan fingerprint density at radius 1 is 1.36 bits per heavy atom. The molecular formula is C12H17NO. The zero-order valence-electron chi connectivity index (χ0n) is 9.13. The first-order chi connectivity index (χ1) is 6.57. The van der Waals surface area contributed by atoms with E-state index in [0.29, 0.717) is 0 Å². The number of hydrogen-bond acceptors (Lipinski definition) is 2. The highest BCUT2D eigenvalue weighted by atomic mass is 16.5. The van der Waals surface area contributed by atoms with E-state index in [0.717, 1.165) is 30.9 Å². The Bertz CT molecular complexity index is 339. The lowest BCUT2D eigenvalue weighted by Crippen LogP contribution is -2.15. The zero-order valence-corrected chi connectivity index (χ0v) is 9.13. The molecule has 1 aromatic rings. The molecule has 0 bridgehead atoms. The van der Waals surface area contributed by atoms with Crippen LogP contribution in [0.25, 0.3) is 0 Å². The Morgan fingerprint density at radius 3 is 2.86 bits per heavy atom. The van der Waals surface area contributed by atoms with Crippen LogP contribution in [-0.4, -0.2) is 11.6 Å². The first kappa shape index (κ1) is 9.50. The average molecular weight is 191 g/mol. The molecule has 0 saturated carbocycles. The first-order valence-electron chi connectivity index (χ1n) is 5.19. The largest absolute Gasteiger partial charge is 0.492 e. The number of fused-ring (bicyclic) bond motifs is 1. The minimum Gasteiger partial charge on any atom is -0.492 e. The van der Waals surface area contributed by atoms with Gasteiger partial charge in [0.05, 0.1) is 12.3 Å². The van der Waals surface area contributed by atoms with E-state index in [2.05, 4.69) is 31.8 Å². The molecule has 0 aliphatic carbocycles. The standard InChI is InChI=1S/C12H17NO/c1-12(2,3)9-7-11-10(13-8-9)5-4-6-14-11/h7-8H,4-6H2,1-3H3. The second-order valence-corrected chi connectivity index (χ2v) is 4.87. The van der Waals surface area contributed by atoms with Gasteiger partial charge in [0.15, 0.2) is 0 Å². The summed E-state index contributed by atoms with van der Waals surface area (Å²) < 4.78 is 5.60. The van der Waals surface area contributed by atoms with Gasteiger partial charge < -0.3 is 4.74 Å². The van der Waals surface area contributed by atoms with E-state index in [-0.39, 0.29) is 5.41 Å². The minimum absolute atomic E-state index is 0.156. The Morgan fingerprint density at radius 2 is 2.14 bits per heavy atom. The maximum Gasteiger partial charge on any atom is 0.141 e. The third-order valence-electron chi connectivity index (χ3n) is 2.61. The van der Waals surface area contributed by atoms with Gasteiger partial charge in [-0.15, -0.1) is 0 Å². The van der Waals surface area contributed by atoms with Crippen molar-refractivity contribution >= 4 is 0 Å². The van der Waals surface area contributed by atoms with Gasteiger partial charge in [-0.2, -0.15) is 0 Å². The van der Waals surface area contributed by atoms with Gasteiger partial charge in [-0.25, -0.2) is 0 Å². The molecule has 0 radical (unpaired) electrons. The maximum absolute atomic E-state index is 5.60. The number of hydrogen-bond donors (Lipinski definition) is 0. The van der Waals surface area contributed by atoms with E-state index in [1.54, 1.807) is 0 Å². The van der Waals surface area contributed by atoms with Crippen LogP contribution in [0.15, 0.2) is 12.3 Å². The molecule has 1 aliphatic rings. The van der Waals surface area contributed by atoms with Gasteiger partial charge in [-0.1, -0.05) is 20.8 Å². The Hall–Kier alpha value is -1.05. The first-order valence-corrected chi connectivity index (χ1v) is 5.19. The summed E-state index contributed by atoms with van der Waals surface area (Å²) in [6.07, 6.45) is 4.13. The molecule has 0 N–H and O–H groups in total. The Labute approximate surface area is 85.3 Å². The van der Waals surface area contributed by atoms with Crippen LogP contribution in [0, 0.1) is 0 Å². The number of aryl methyl sites for hydroxylation is 1. The Kier molecular flexibility index (Phi) is 2.22. The fourth-order valence-electron chi connectivity index (χ4n) is 1.62. The van der Waals surface area contributed by atoms with E-state index in [9.17, 15) is 0 Å². The van der Waals surface area contributed by atoms with Gasteiger partial charge in [0.2, 0.25) is 0 Å². The third kappa shape index (κ3) is 1.74. The van der Waals surface area contributed by atoms with Crippen LogP contribution < -0.4 is 4.74 Å². The fourth-order valence-corrected chi connectivity index (χ4v) is 1.62. The highest BCUT2D eigenvalue weighted by Gasteiger charge is 2.18. The van der Waals surface area contributed by atoms with Crippen molar-refractivity contribution in [3.8, 4) is 5.75 Å². The summed E-state index contributed by atoms with van der Waals surface area (Å²) in [5, 5.41) is 0. The van der Waals surface area contributed by atoms with Crippen LogP contribution in [0.1, 0.15) is 38.4 Å². The molecule has 0 saturated heterocycles. The number of ether oxygens (including phenoxy) is 1. The summed E-state index contributed by atoms with van der Waals surface area (Å²) in [5.41, 5.74) is 2.52. The molecule has 0 atom stereocenters. The monoisotopic (exact) mass is 191 g/mol. The van der Waals surface area contributed by atoms with Crippen LogP contribution in [0.2, 0.25) is 0 Å². The van der Waals surface area contributed by atoms with E-state index >= 15 is 0 Å². The summed E-state index contributed by atoms with van der Waals surface area (Å²) in [7, 11) is 0. The van der Waals surface area contributed by atoms with E-state index < -0.39 is 0 Å². The summed E-state index contributed by atoms with van der Waals surface area (Å²) >= 11 is 0. The molecule has 2 heteroatoms. The van der Waals surface area contributed by atoms with E-state index in [1.807, 2.05) is 6.20 Å². The lowest BCUT2D eigenvalue weighted by atomic mass is 9.88. The highest BCUT2D eigenvalue weighted by Crippen LogP contribution is 2.29. The van der Waals surface area contributed by atoms with Crippen LogP contribution >= 0.6 is 0 Å². The number of rotatable bonds is 0. The van der Waals surface area contributed by atoms with Crippen molar-refractivity contribution in [3.63, 3.8) is 0 Å². The molecule has 1 aliphatic heterocycles. The smallest absolute Gasteiger partial charge is 0.141 e. The molecule has 2 heterocycles. The normalized spacial score (nSPS) is 15.9. The molecule has 0 aromatic carbocycles. The quantitative estimate of drug-likeness (QED) is 0.629. The van der Waals surface area contributed by atoms with Gasteiger partial charge >= 0.3 is 0 Å². The number of nitrogens with zero attached hydrogens (tertiary/aromatic N) is 1. The SMILES string of the molecule is CC(C)(C)c1cnc2c(c1)OCCC2. The van der Waals surface area contributed by atoms with Gasteiger partial charge in [-0.3, -0.25) is 4.98 Å². The minimum atomic E-state index is 0.156. The van der Waals surface area contributed by atoms with Gasteiger partial charge in [0.1, 0.15) is 5.75 Å². The van der Waals surface area contributed by atoms with Gasteiger partial charge in [0.25, 0.3) is 0 Å². The lowest BCUT2D eigenvalue weighted by Gasteiger charge is -2.22. The molecule has 0 unspecified atom stereocenters. The van der Waals surface area contributed by atoms with Crippen molar-refractivity contribution in [3.05, 3.63) is 23.5 Å². The molecule has 2 nitrogen and oxygen atoms in total. The fraction of sp³-hybridized carbons (Fsp3) is 0.583. The highest BCUT2D eigenvalue weighted by molar-refractivity contribution is 5.35. The maximum atomic E-state index is 5.60. The molecule has 2 rings (SSSR count). The summed E-state index contributed by atoms with van der Waals surface area (Å²) in [5.74, 6) is 0.990. The second kappa shape index (κ2) is 3.26. The van der Waals surface area contributed by atoms with Crippen molar-refractivity contribution in [2.75, 3.05) is 6.61 Å². The van der Waals surface area contributed by atoms with Crippen molar-refractivity contribution in [1.29, 1.82) is 0 Å². The van der Waals surface area contributed by atoms with Crippen LogP contribution in [0.3, 0.4) is 0 Å². The lowest BCUT2D eigenvalue weighted by molar-refractivity contribution is 0.284. The van der Waals surface area contributed by atoms with Crippen molar-refractivity contribution in [2.24, 2.45) is 0 Å². The predicted molar refractivity (Wildman–Crippen MR) is 56.8 cm³/mol. The molecule has 0 spiro atoms. The van der Waals surface area contributed by atoms with E-state index in [1.165, 1.54) is 5.56 Å². The molecule has 1 aromatic heterocycles. The molecule has 0 fully saturated rings. The molecule has 14 heavy (non-hydrogen) atoms. The van der Waals surface area contributed by atoms with Crippen LogP contribution in [0.4, 0.5) is 0 Å². The third-order valence-corrected chi connectivity index (χ3v) is 2.61. The van der Waals surface area contributed by atoms with Crippen LogP contribution in [0.5, 0.6) is 5.75 Å². The molecule has 76 valence electrons. The summed E-state index contributed by atoms with van der Waals surface area (Å²) in [6, 6.07) is 2.14. The summed E-state index contributed by atoms with van der Waals surface area (Å²) in [6.45, 7) is 7.42. The zero-order chi connectivity index (χ0) is 10.2. The summed E-state index contributed by atoms with van der Waals surface area (Å²) in [4.78, 5) is 4.46.